The van der Waals surface area contributed by atoms with E-state index in [-0.39, 0.29) is 11.4 Å². The summed E-state index contributed by atoms with van der Waals surface area (Å²) in [5.41, 5.74) is 1.53. The highest BCUT2D eigenvalue weighted by molar-refractivity contribution is 8.00. The van der Waals surface area contributed by atoms with Gasteiger partial charge < -0.3 is 20.3 Å². The Hall–Kier alpha value is -2.82. The monoisotopic (exact) mass is 499 g/mol. The van der Waals surface area contributed by atoms with E-state index in [9.17, 15) is 13.6 Å². The van der Waals surface area contributed by atoms with Crippen molar-refractivity contribution in [2.75, 3.05) is 44.4 Å². The Kier molecular flexibility index (Phi) is 7.12. The molecule has 7 nitrogen and oxygen atoms in total. The molecule has 10 heteroatoms. The van der Waals surface area contributed by atoms with E-state index in [1.807, 2.05) is 12.1 Å². The fourth-order valence-corrected chi connectivity index (χ4v) is 5.45. The summed E-state index contributed by atoms with van der Waals surface area (Å²) in [4.78, 5) is 23.4. The number of hydrogen-bond acceptors (Lipinski definition) is 7. The third-order valence-electron chi connectivity index (χ3n) is 6.51. The van der Waals surface area contributed by atoms with Gasteiger partial charge in [0.25, 0.3) is 0 Å². The number of fused-ring (bicyclic) bond motifs is 2. The van der Waals surface area contributed by atoms with Crippen molar-refractivity contribution < 1.29 is 18.3 Å². The predicted octanol–water partition coefficient (Wildman–Crippen LogP) is 3.62. The second kappa shape index (κ2) is 10.4. The number of nitrogens with one attached hydrogen (secondary N) is 2. The topological polar surface area (TPSA) is 79.4 Å². The van der Waals surface area contributed by atoms with Crippen LogP contribution in [0, 0.1) is 17.6 Å². The lowest BCUT2D eigenvalue weighted by Gasteiger charge is -2.18. The van der Waals surface area contributed by atoms with Gasteiger partial charge >= 0.3 is 0 Å². The number of pyridine rings is 2. The third kappa shape index (κ3) is 5.39. The zero-order chi connectivity index (χ0) is 24.4. The Bertz CT molecular complexity index is 1260. The second-order valence-electron chi connectivity index (χ2n) is 8.91. The Morgan fingerprint density at radius 1 is 1.29 bits per heavy atom. The van der Waals surface area contributed by atoms with Gasteiger partial charge in [-0.3, -0.25) is 9.78 Å². The summed E-state index contributed by atoms with van der Waals surface area (Å²) >= 11 is 1.50. The molecule has 1 aromatic carbocycles. The number of thioether (sulfide) groups is 1. The van der Waals surface area contributed by atoms with Crippen LogP contribution in [0.25, 0.3) is 10.9 Å². The Balaban J connectivity index is 1.14. The molecule has 2 N–H and O–H groups in total. The molecular weight excluding hydrogens is 472 g/mol. The molecule has 0 aliphatic carbocycles. The van der Waals surface area contributed by atoms with Crippen LogP contribution < -0.4 is 15.4 Å². The summed E-state index contributed by atoms with van der Waals surface area (Å²) in [6.45, 7) is 4.03. The molecule has 4 heterocycles. The van der Waals surface area contributed by atoms with E-state index in [1.165, 1.54) is 24.9 Å². The van der Waals surface area contributed by atoms with E-state index in [4.69, 9.17) is 4.74 Å². The zero-order valence-corrected chi connectivity index (χ0v) is 20.3. The largest absolute Gasteiger partial charge is 0.497 e. The Morgan fingerprint density at radius 3 is 3.03 bits per heavy atom. The van der Waals surface area contributed by atoms with Crippen LogP contribution in [-0.2, 0) is 17.8 Å². The molecule has 2 aromatic heterocycles. The number of nitrogens with zero attached hydrogens (tertiary/aromatic N) is 3. The van der Waals surface area contributed by atoms with Crippen molar-refractivity contribution in [1.29, 1.82) is 0 Å². The lowest BCUT2D eigenvalue weighted by atomic mass is 10.0. The highest BCUT2D eigenvalue weighted by Crippen LogP contribution is 2.30. The van der Waals surface area contributed by atoms with Gasteiger partial charge in [-0.2, -0.15) is 0 Å². The van der Waals surface area contributed by atoms with Crippen LogP contribution in [0.2, 0.25) is 0 Å². The van der Waals surface area contributed by atoms with Crippen LogP contribution in [0.15, 0.2) is 35.4 Å². The molecular formula is C25H27F2N5O2S. The van der Waals surface area contributed by atoms with Crippen molar-refractivity contribution in [2.45, 2.75) is 24.3 Å². The van der Waals surface area contributed by atoms with Crippen LogP contribution >= 0.6 is 11.8 Å². The van der Waals surface area contributed by atoms with Gasteiger partial charge in [0.2, 0.25) is 5.91 Å². The van der Waals surface area contributed by atoms with E-state index in [0.717, 1.165) is 42.8 Å². The van der Waals surface area contributed by atoms with Crippen molar-refractivity contribution in [3.63, 3.8) is 0 Å². The minimum Gasteiger partial charge on any atom is -0.497 e. The SMILES string of the molecule is COc1cc(F)c2ncc(F)c(CCN3CCC(CNCc4ccc5c(n4)NC(=O)CS5)C3)c2c1. The van der Waals surface area contributed by atoms with Crippen LogP contribution in [0.3, 0.4) is 0 Å². The van der Waals surface area contributed by atoms with E-state index >= 15 is 0 Å². The summed E-state index contributed by atoms with van der Waals surface area (Å²) in [7, 11) is 1.46. The van der Waals surface area contributed by atoms with Gasteiger partial charge in [-0.1, -0.05) is 0 Å². The molecule has 1 fully saturated rings. The van der Waals surface area contributed by atoms with Gasteiger partial charge in [-0.15, -0.1) is 11.8 Å². The number of anilines is 1. The molecule has 2 aliphatic heterocycles. The van der Waals surface area contributed by atoms with E-state index in [2.05, 4.69) is 25.5 Å². The van der Waals surface area contributed by atoms with E-state index in [0.29, 0.717) is 53.7 Å². The van der Waals surface area contributed by atoms with Crippen molar-refractivity contribution in [2.24, 2.45) is 5.92 Å². The first-order valence-corrected chi connectivity index (χ1v) is 12.6. The number of amides is 1. The number of likely N-dealkylation sites (tertiary alicyclic amines) is 1. The first kappa shape index (κ1) is 23.9. The van der Waals surface area contributed by atoms with E-state index < -0.39 is 11.6 Å². The molecule has 5 rings (SSSR count). The smallest absolute Gasteiger partial charge is 0.235 e. The number of carbonyl (C=O) groups is 1. The minimum atomic E-state index is -0.512. The predicted molar refractivity (Wildman–Crippen MR) is 132 cm³/mol. The molecule has 0 bridgehead atoms. The number of carbonyl (C=O) groups excluding carboxylic acids is 1. The van der Waals surface area contributed by atoms with E-state index in [1.54, 1.807) is 6.07 Å². The molecule has 0 spiro atoms. The molecule has 0 saturated carbocycles. The maximum Gasteiger partial charge on any atom is 0.235 e. The first-order chi connectivity index (χ1) is 17.0. The minimum absolute atomic E-state index is 0.0185. The maximum atomic E-state index is 14.6. The standard InChI is InChI=1S/C25H27F2N5O2S/c1-34-17-8-19-18(21(27)12-29-24(19)20(26)9-17)5-7-32-6-4-15(13-32)10-28-11-16-2-3-22-25(30-16)31-23(33)14-35-22/h2-3,8-9,12,15,28H,4-7,10-11,13-14H2,1H3,(H,30,31,33). The zero-order valence-electron chi connectivity index (χ0n) is 19.4. The number of halogens is 2. The first-order valence-electron chi connectivity index (χ1n) is 11.7. The van der Waals surface area contributed by atoms with Crippen LogP contribution in [0.4, 0.5) is 14.6 Å². The summed E-state index contributed by atoms with van der Waals surface area (Å²) in [5.74, 6) is 0.961. The highest BCUT2D eigenvalue weighted by atomic mass is 32.2. The Labute approximate surface area is 206 Å². The van der Waals surface area contributed by atoms with Crippen LogP contribution in [0.1, 0.15) is 17.7 Å². The van der Waals surface area contributed by atoms with Crippen LogP contribution in [0.5, 0.6) is 5.75 Å². The third-order valence-corrected chi connectivity index (χ3v) is 7.56. The van der Waals surface area contributed by atoms with Crippen molar-refractivity contribution in [1.82, 2.24) is 20.2 Å². The molecule has 1 unspecified atom stereocenters. The Morgan fingerprint density at radius 2 is 2.17 bits per heavy atom. The van der Waals surface area contributed by atoms with Gasteiger partial charge in [-0.05, 0) is 50.0 Å². The molecule has 1 saturated heterocycles. The molecule has 1 amide bonds. The van der Waals surface area contributed by atoms with Crippen LogP contribution in [-0.4, -0.2) is 59.8 Å². The van der Waals surface area contributed by atoms with Crippen molar-refractivity contribution in [3.8, 4) is 5.75 Å². The van der Waals surface area contributed by atoms with Gasteiger partial charge in [0.1, 0.15) is 22.9 Å². The number of ether oxygens (including phenoxy) is 1. The van der Waals surface area contributed by atoms with Gasteiger partial charge in [0.05, 0.1) is 29.6 Å². The fraction of sp³-hybridized carbons (Fsp3) is 0.400. The molecule has 1 atom stereocenters. The second-order valence-corrected chi connectivity index (χ2v) is 9.93. The van der Waals surface area contributed by atoms with Crippen molar-refractivity contribution in [3.05, 3.63) is 53.4 Å². The number of rotatable bonds is 8. The quantitative estimate of drug-likeness (QED) is 0.490. The maximum absolute atomic E-state index is 14.6. The highest BCUT2D eigenvalue weighted by Gasteiger charge is 2.23. The molecule has 184 valence electrons. The van der Waals surface area contributed by atoms with Crippen molar-refractivity contribution >= 4 is 34.4 Å². The van der Waals surface area contributed by atoms with Gasteiger partial charge in [0, 0.05) is 36.7 Å². The number of aromatic nitrogens is 2. The number of benzene rings is 1. The molecule has 3 aromatic rings. The summed E-state index contributed by atoms with van der Waals surface area (Å²) < 4.78 is 34.1. The number of methoxy groups -OCH3 is 1. The summed E-state index contributed by atoms with van der Waals surface area (Å²) in [5, 5.41) is 6.77. The molecule has 35 heavy (non-hydrogen) atoms. The lowest BCUT2D eigenvalue weighted by molar-refractivity contribution is -0.113. The lowest BCUT2D eigenvalue weighted by Crippen LogP contribution is -2.28. The number of hydrogen-bond donors (Lipinski definition) is 2. The average molecular weight is 500 g/mol. The van der Waals surface area contributed by atoms with Gasteiger partial charge in [0.15, 0.2) is 5.82 Å². The average Bonchev–Trinajstić information content (AvgIpc) is 3.30. The molecule has 2 aliphatic rings. The fourth-order valence-electron chi connectivity index (χ4n) is 4.69. The molecule has 0 radical (unpaired) electrons. The van der Waals surface area contributed by atoms with Gasteiger partial charge in [-0.25, -0.2) is 13.8 Å². The summed E-state index contributed by atoms with van der Waals surface area (Å²) in [6, 6.07) is 6.91. The normalized spacial score (nSPS) is 18.0. The summed E-state index contributed by atoms with van der Waals surface area (Å²) in [6.07, 6.45) is 2.63.